The van der Waals surface area contributed by atoms with Crippen molar-refractivity contribution >= 4 is 5.95 Å². The Morgan fingerprint density at radius 2 is 1.88 bits per heavy atom. The van der Waals surface area contributed by atoms with Crippen LogP contribution in [-0.2, 0) is 18.3 Å². The van der Waals surface area contributed by atoms with Crippen LogP contribution in [0.5, 0.6) is 0 Å². The molecule has 0 atom stereocenters. The van der Waals surface area contributed by atoms with Crippen LogP contribution in [0.3, 0.4) is 0 Å². The predicted octanol–water partition coefficient (Wildman–Crippen LogP) is 1.33. The molecule has 0 radical (unpaired) electrons. The molecule has 0 amide bonds. The van der Waals surface area contributed by atoms with E-state index in [2.05, 4.69) is 36.4 Å². The van der Waals surface area contributed by atoms with Gasteiger partial charge in [-0.05, 0) is 32.0 Å². The molecule has 0 aromatic carbocycles. The summed E-state index contributed by atoms with van der Waals surface area (Å²) in [6.07, 6.45) is 9.79. The van der Waals surface area contributed by atoms with E-state index in [1.807, 2.05) is 30.9 Å². The molecule has 0 aliphatic carbocycles. The summed E-state index contributed by atoms with van der Waals surface area (Å²) < 4.78 is 8.07. The minimum absolute atomic E-state index is 0.202. The number of ether oxygens (including phenoxy) is 1. The number of likely N-dealkylation sites (tertiary alicyclic amines) is 1. The number of aryl methyl sites for hydroxylation is 1. The van der Waals surface area contributed by atoms with E-state index in [0.717, 1.165) is 70.6 Å². The first kappa shape index (κ1) is 16.5. The summed E-state index contributed by atoms with van der Waals surface area (Å²) >= 11 is 0. The fourth-order valence-electron chi connectivity index (χ4n) is 3.86. The Morgan fingerprint density at radius 3 is 2.60 bits per heavy atom. The van der Waals surface area contributed by atoms with E-state index in [4.69, 9.17) is 4.74 Å². The highest BCUT2D eigenvalue weighted by Gasteiger charge is 2.38. The summed E-state index contributed by atoms with van der Waals surface area (Å²) in [6, 6.07) is 1.86. The maximum atomic E-state index is 5.97. The highest BCUT2D eigenvalue weighted by atomic mass is 16.5. The molecule has 7 nitrogen and oxygen atoms in total. The second-order valence-corrected chi connectivity index (χ2v) is 7.25. The number of rotatable bonds is 3. The van der Waals surface area contributed by atoms with Crippen LogP contribution in [-0.4, -0.2) is 63.8 Å². The number of imidazole rings is 1. The molecule has 25 heavy (non-hydrogen) atoms. The molecule has 0 saturated carbocycles. The van der Waals surface area contributed by atoms with Crippen molar-refractivity contribution in [2.24, 2.45) is 12.5 Å². The predicted molar refractivity (Wildman–Crippen MR) is 95.2 cm³/mol. The Labute approximate surface area is 148 Å². The van der Waals surface area contributed by atoms with E-state index < -0.39 is 0 Å². The molecule has 0 bridgehead atoms. The Balaban J connectivity index is 1.41. The fraction of sp³-hybridized carbons (Fsp3) is 0.611. The van der Waals surface area contributed by atoms with E-state index >= 15 is 0 Å². The minimum atomic E-state index is 0.202. The van der Waals surface area contributed by atoms with Crippen LogP contribution in [0, 0.1) is 5.41 Å². The molecule has 4 rings (SSSR count). The van der Waals surface area contributed by atoms with Crippen LogP contribution in [0.2, 0.25) is 0 Å². The summed E-state index contributed by atoms with van der Waals surface area (Å²) in [4.78, 5) is 18.1. The normalized spacial score (nSPS) is 21.4. The molecule has 2 aromatic heterocycles. The Bertz CT molecular complexity index is 680. The van der Waals surface area contributed by atoms with Gasteiger partial charge >= 0.3 is 0 Å². The third kappa shape index (κ3) is 3.67. The average molecular weight is 342 g/mol. The standard InChI is InChI=1S/C18H26N6O/c1-22-10-7-19-16(22)13-23-8-3-18(4-9-23)14-24(11-12-25-15-18)17-20-5-2-6-21-17/h2,5-7,10H,3-4,8-9,11-15H2,1H3. The average Bonchev–Trinajstić information content (AvgIpc) is 2.93. The quantitative estimate of drug-likeness (QED) is 0.839. The first-order chi connectivity index (χ1) is 12.2. The van der Waals surface area contributed by atoms with Crippen molar-refractivity contribution in [2.45, 2.75) is 19.4 Å². The monoisotopic (exact) mass is 342 g/mol. The molecule has 2 saturated heterocycles. The van der Waals surface area contributed by atoms with Crippen molar-refractivity contribution in [1.29, 1.82) is 0 Å². The molecule has 134 valence electrons. The third-order valence-electron chi connectivity index (χ3n) is 5.48. The lowest BCUT2D eigenvalue weighted by Crippen LogP contribution is -2.47. The lowest BCUT2D eigenvalue weighted by Gasteiger charge is -2.42. The largest absolute Gasteiger partial charge is 0.379 e. The van der Waals surface area contributed by atoms with Crippen molar-refractivity contribution in [3.63, 3.8) is 0 Å². The van der Waals surface area contributed by atoms with Gasteiger partial charge in [0.1, 0.15) is 5.82 Å². The zero-order valence-corrected chi connectivity index (χ0v) is 14.8. The maximum absolute atomic E-state index is 5.97. The van der Waals surface area contributed by atoms with Crippen LogP contribution >= 0.6 is 0 Å². The first-order valence-corrected chi connectivity index (χ1v) is 9.02. The van der Waals surface area contributed by atoms with Crippen molar-refractivity contribution in [1.82, 2.24) is 24.4 Å². The van der Waals surface area contributed by atoms with Crippen molar-refractivity contribution in [2.75, 3.05) is 44.3 Å². The van der Waals surface area contributed by atoms with Crippen molar-refractivity contribution < 1.29 is 4.74 Å². The second kappa shape index (κ2) is 7.09. The maximum Gasteiger partial charge on any atom is 0.225 e. The highest BCUT2D eigenvalue weighted by Crippen LogP contribution is 2.35. The van der Waals surface area contributed by atoms with E-state index in [9.17, 15) is 0 Å². The molecular formula is C18H26N6O. The number of aromatic nitrogens is 4. The summed E-state index contributed by atoms with van der Waals surface area (Å²) in [7, 11) is 2.06. The topological polar surface area (TPSA) is 59.3 Å². The highest BCUT2D eigenvalue weighted by molar-refractivity contribution is 5.29. The van der Waals surface area contributed by atoms with Gasteiger partial charge in [-0.15, -0.1) is 0 Å². The Hall–Kier alpha value is -1.99. The van der Waals surface area contributed by atoms with Gasteiger partial charge in [-0.1, -0.05) is 0 Å². The summed E-state index contributed by atoms with van der Waals surface area (Å²) in [6.45, 7) is 6.52. The zero-order valence-electron chi connectivity index (χ0n) is 14.8. The third-order valence-corrected chi connectivity index (χ3v) is 5.48. The lowest BCUT2D eigenvalue weighted by atomic mass is 9.78. The second-order valence-electron chi connectivity index (χ2n) is 7.25. The van der Waals surface area contributed by atoms with Crippen molar-refractivity contribution in [3.8, 4) is 0 Å². The van der Waals surface area contributed by atoms with Crippen LogP contribution in [0.1, 0.15) is 18.7 Å². The molecule has 2 aromatic rings. The van der Waals surface area contributed by atoms with Crippen molar-refractivity contribution in [3.05, 3.63) is 36.7 Å². The zero-order chi connectivity index (χ0) is 17.1. The fourth-order valence-corrected chi connectivity index (χ4v) is 3.86. The molecule has 0 unspecified atom stereocenters. The number of piperidine rings is 1. The number of anilines is 1. The van der Waals surface area contributed by atoms with E-state index in [1.54, 1.807) is 0 Å². The van der Waals surface area contributed by atoms with Crippen LogP contribution in [0.4, 0.5) is 5.95 Å². The van der Waals surface area contributed by atoms with Gasteiger partial charge in [0.15, 0.2) is 0 Å². The van der Waals surface area contributed by atoms with E-state index in [0.29, 0.717) is 0 Å². The Kier molecular flexibility index (Phi) is 4.67. The molecule has 1 spiro atoms. The number of nitrogens with zero attached hydrogens (tertiary/aromatic N) is 6. The summed E-state index contributed by atoms with van der Waals surface area (Å²) in [5.74, 6) is 1.95. The minimum Gasteiger partial charge on any atom is -0.379 e. The molecule has 2 fully saturated rings. The van der Waals surface area contributed by atoms with Gasteiger partial charge in [0, 0.05) is 50.3 Å². The molecule has 0 N–H and O–H groups in total. The van der Waals surface area contributed by atoms with Gasteiger partial charge < -0.3 is 14.2 Å². The molecule has 4 heterocycles. The van der Waals surface area contributed by atoms with Gasteiger partial charge in [0.05, 0.1) is 19.8 Å². The SMILES string of the molecule is Cn1ccnc1CN1CCC2(CC1)COCCN(c1ncccn1)C2. The van der Waals surface area contributed by atoms with Gasteiger partial charge in [-0.2, -0.15) is 0 Å². The summed E-state index contributed by atoms with van der Waals surface area (Å²) in [5.41, 5.74) is 0.202. The number of hydrogen-bond donors (Lipinski definition) is 0. The van der Waals surface area contributed by atoms with Crippen LogP contribution < -0.4 is 4.90 Å². The number of hydrogen-bond acceptors (Lipinski definition) is 6. The first-order valence-electron chi connectivity index (χ1n) is 9.02. The lowest BCUT2D eigenvalue weighted by molar-refractivity contribution is 0.0193. The van der Waals surface area contributed by atoms with E-state index in [-0.39, 0.29) is 5.41 Å². The molecular weight excluding hydrogens is 316 g/mol. The molecule has 2 aliphatic heterocycles. The van der Waals surface area contributed by atoms with Crippen LogP contribution in [0.15, 0.2) is 30.9 Å². The van der Waals surface area contributed by atoms with Gasteiger partial charge in [0.2, 0.25) is 5.95 Å². The summed E-state index contributed by atoms with van der Waals surface area (Å²) in [5, 5.41) is 0. The van der Waals surface area contributed by atoms with E-state index in [1.165, 1.54) is 0 Å². The van der Waals surface area contributed by atoms with Gasteiger partial charge in [-0.3, -0.25) is 4.90 Å². The Morgan fingerprint density at radius 1 is 1.08 bits per heavy atom. The van der Waals surface area contributed by atoms with Gasteiger partial charge in [0.25, 0.3) is 0 Å². The van der Waals surface area contributed by atoms with Gasteiger partial charge in [-0.25, -0.2) is 15.0 Å². The molecule has 2 aliphatic rings. The smallest absolute Gasteiger partial charge is 0.225 e. The molecule has 7 heteroatoms. The van der Waals surface area contributed by atoms with Crippen LogP contribution in [0.25, 0.3) is 0 Å².